The Hall–Kier alpha value is -1.94. The number of ketones is 1. The number of fused-ring (bicyclic) bond motifs is 1. The van der Waals surface area contributed by atoms with Crippen molar-refractivity contribution in [1.29, 1.82) is 0 Å². The van der Waals surface area contributed by atoms with Gasteiger partial charge in [-0.05, 0) is 40.9 Å². The van der Waals surface area contributed by atoms with Gasteiger partial charge in [-0.2, -0.15) is 0 Å². The number of aliphatic imine (C=N–C) groups is 1. The van der Waals surface area contributed by atoms with Gasteiger partial charge in [0, 0.05) is 34.3 Å². The number of hydrogen-bond acceptors (Lipinski definition) is 3. The van der Waals surface area contributed by atoms with Gasteiger partial charge in [0.1, 0.15) is 6.54 Å². The van der Waals surface area contributed by atoms with Crippen LogP contribution >= 0.6 is 15.9 Å². The highest BCUT2D eigenvalue weighted by atomic mass is 79.9. The summed E-state index contributed by atoms with van der Waals surface area (Å²) in [7, 11) is 0. The number of rotatable bonds is 2. The molecule has 2 aromatic carbocycles. The Morgan fingerprint density at radius 2 is 1.64 bits per heavy atom. The molecule has 0 amide bonds. The molecule has 2 aliphatic heterocycles. The minimum Gasteiger partial charge on any atom is -0.371 e. The molecule has 2 heterocycles. The molecule has 3 nitrogen and oxygen atoms in total. The van der Waals surface area contributed by atoms with Gasteiger partial charge in [-0.25, -0.2) is 0 Å². The molecule has 0 N–H and O–H groups in total. The summed E-state index contributed by atoms with van der Waals surface area (Å²) in [5.41, 5.74) is 4.95. The lowest BCUT2D eigenvalue weighted by molar-refractivity contribution is 0.1000. The largest absolute Gasteiger partial charge is 0.371 e. The van der Waals surface area contributed by atoms with E-state index in [0.717, 1.165) is 40.0 Å². The third kappa shape index (κ3) is 3.28. The van der Waals surface area contributed by atoms with Crippen LogP contribution in [0.5, 0.6) is 0 Å². The van der Waals surface area contributed by atoms with Crippen molar-refractivity contribution in [2.45, 2.75) is 25.7 Å². The average Bonchev–Trinajstić information content (AvgIpc) is 2.91. The number of benzene rings is 2. The van der Waals surface area contributed by atoms with Gasteiger partial charge in [0.15, 0.2) is 5.78 Å². The van der Waals surface area contributed by atoms with E-state index in [0.29, 0.717) is 0 Å². The summed E-state index contributed by atoms with van der Waals surface area (Å²) < 4.78 is 1.10. The van der Waals surface area contributed by atoms with Crippen LogP contribution < -0.4 is 4.90 Å². The minimum absolute atomic E-state index is 0.0969. The summed E-state index contributed by atoms with van der Waals surface area (Å²) in [6, 6.07) is 14.2. The molecule has 0 aliphatic carbocycles. The number of carbonyl (C=O) groups excluding carboxylic acids is 1. The molecule has 4 rings (SSSR count). The first-order chi connectivity index (χ1) is 12.2. The zero-order valence-corrected chi connectivity index (χ0v) is 15.8. The van der Waals surface area contributed by atoms with Gasteiger partial charge in [0.05, 0.1) is 11.4 Å². The summed E-state index contributed by atoms with van der Waals surface area (Å²) in [5, 5.41) is 0. The second-order valence-corrected chi connectivity index (χ2v) is 7.56. The van der Waals surface area contributed by atoms with Crippen LogP contribution in [-0.4, -0.2) is 31.1 Å². The number of anilines is 1. The smallest absolute Gasteiger partial charge is 0.184 e. The first-order valence-corrected chi connectivity index (χ1v) is 9.75. The minimum atomic E-state index is 0.0969. The molecule has 25 heavy (non-hydrogen) atoms. The van der Waals surface area contributed by atoms with Crippen molar-refractivity contribution in [3.8, 4) is 0 Å². The standard InChI is InChI=1S/C21H21BrN2O/c22-18-13-15(9-10-19(18)24-11-5-1-2-6-12-24)21-17-8-4-3-7-16(17)20(25)14-23-21/h3-4,7-10,13H,1-2,5-6,11-12,14H2. The van der Waals surface area contributed by atoms with Crippen LogP contribution in [0.4, 0.5) is 5.69 Å². The van der Waals surface area contributed by atoms with E-state index in [2.05, 4.69) is 44.0 Å². The predicted octanol–water partition coefficient (Wildman–Crippen LogP) is 4.86. The van der Waals surface area contributed by atoms with Crippen LogP contribution in [0, 0.1) is 0 Å². The van der Waals surface area contributed by atoms with E-state index in [9.17, 15) is 4.79 Å². The molecule has 4 heteroatoms. The molecule has 0 radical (unpaired) electrons. The molecule has 0 bridgehead atoms. The van der Waals surface area contributed by atoms with Gasteiger partial charge in [0.2, 0.25) is 0 Å². The molecule has 0 saturated carbocycles. The zero-order chi connectivity index (χ0) is 17.2. The summed E-state index contributed by atoms with van der Waals surface area (Å²) in [5.74, 6) is 0.0969. The molecular formula is C21H21BrN2O. The first kappa shape index (κ1) is 16.5. The van der Waals surface area contributed by atoms with Gasteiger partial charge in [-0.15, -0.1) is 0 Å². The predicted molar refractivity (Wildman–Crippen MR) is 106 cm³/mol. The maximum absolute atomic E-state index is 12.1. The van der Waals surface area contributed by atoms with Crippen molar-refractivity contribution in [3.63, 3.8) is 0 Å². The van der Waals surface area contributed by atoms with Crippen molar-refractivity contribution < 1.29 is 4.79 Å². The number of halogens is 1. The van der Waals surface area contributed by atoms with Crippen LogP contribution in [-0.2, 0) is 0 Å². The van der Waals surface area contributed by atoms with Crippen molar-refractivity contribution >= 4 is 33.1 Å². The van der Waals surface area contributed by atoms with Crippen LogP contribution in [0.25, 0.3) is 0 Å². The fourth-order valence-electron chi connectivity index (χ4n) is 3.72. The van der Waals surface area contributed by atoms with Crippen LogP contribution in [0.15, 0.2) is 51.9 Å². The molecule has 1 saturated heterocycles. The second kappa shape index (κ2) is 7.12. The van der Waals surface area contributed by atoms with E-state index in [1.165, 1.54) is 31.4 Å². The molecule has 0 aromatic heterocycles. The number of nitrogens with zero attached hydrogens (tertiary/aromatic N) is 2. The maximum atomic E-state index is 12.1. The van der Waals surface area contributed by atoms with Crippen molar-refractivity contribution in [2.75, 3.05) is 24.5 Å². The summed E-state index contributed by atoms with van der Waals surface area (Å²) >= 11 is 3.76. The van der Waals surface area contributed by atoms with E-state index in [-0.39, 0.29) is 12.3 Å². The number of carbonyl (C=O) groups is 1. The topological polar surface area (TPSA) is 32.7 Å². The summed E-state index contributed by atoms with van der Waals surface area (Å²) in [6.45, 7) is 2.48. The lowest BCUT2D eigenvalue weighted by Gasteiger charge is -2.25. The summed E-state index contributed by atoms with van der Waals surface area (Å²) in [4.78, 5) is 19.1. The van der Waals surface area contributed by atoms with Gasteiger partial charge < -0.3 is 4.90 Å². The molecule has 1 fully saturated rings. The van der Waals surface area contributed by atoms with Gasteiger partial charge in [-0.3, -0.25) is 9.79 Å². The highest BCUT2D eigenvalue weighted by Gasteiger charge is 2.22. The Morgan fingerprint density at radius 1 is 0.920 bits per heavy atom. The number of Topliss-reactive ketones (excluding diaryl/α,β-unsaturated/α-hetero) is 1. The molecular weight excluding hydrogens is 376 g/mol. The second-order valence-electron chi connectivity index (χ2n) is 6.70. The molecule has 0 spiro atoms. The lowest BCUT2D eigenvalue weighted by Crippen LogP contribution is -2.24. The SMILES string of the molecule is O=C1CN=C(c2ccc(N3CCCCCC3)c(Br)c2)c2ccccc21. The van der Waals surface area contributed by atoms with Gasteiger partial charge >= 0.3 is 0 Å². The van der Waals surface area contributed by atoms with Crippen LogP contribution in [0.2, 0.25) is 0 Å². The Labute approximate surface area is 156 Å². The quantitative estimate of drug-likeness (QED) is 0.725. The third-order valence-electron chi connectivity index (χ3n) is 5.03. The first-order valence-electron chi connectivity index (χ1n) is 8.96. The Morgan fingerprint density at radius 3 is 2.36 bits per heavy atom. The van der Waals surface area contributed by atoms with Crippen LogP contribution in [0.1, 0.15) is 47.2 Å². The summed E-state index contributed by atoms with van der Waals surface area (Å²) in [6.07, 6.45) is 5.18. The fraction of sp³-hybridized carbons (Fsp3) is 0.333. The molecule has 128 valence electrons. The third-order valence-corrected chi connectivity index (χ3v) is 5.67. The highest BCUT2D eigenvalue weighted by molar-refractivity contribution is 9.10. The van der Waals surface area contributed by atoms with E-state index >= 15 is 0 Å². The van der Waals surface area contributed by atoms with Crippen molar-refractivity contribution in [1.82, 2.24) is 0 Å². The van der Waals surface area contributed by atoms with Gasteiger partial charge in [0.25, 0.3) is 0 Å². The lowest BCUT2D eigenvalue weighted by atomic mass is 9.92. The Kier molecular flexibility index (Phi) is 4.71. The maximum Gasteiger partial charge on any atom is 0.184 e. The molecule has 2 aromatic rings. The van der Waals surface area contributed by atoms with E-state index in [1.807, 2.05) is 24.3 Å². The van der Waals surface area contributed by atoms with E-state index < -0.39 is 0 Å². The average molecular weight is 397 g/mol. The van der Waals surface area contributed by atoms with E-state index in [1.54, 1.807) is 0 Å². The molecule has 2 aliphatic rings. The molecule has 0 atom stereocenters. The zero-order valence-electron chi connectivity index (χ0n) is 14.2. The highest BCUT2D eigenvalue weighted by Crippen LogP contribution is 2.31. The fourth-order valence-corrected chi connectivity index (χ4v) is 4.35. The Balaban J connectivity index is 1.68. The van der Waals surface area contributed by atoms with E-state index in [4.69, 9.17) is 0 Å². The normalized spacial score (nSPS) is 17.7. The Bertz CT molecular complexity index is 836. The monoisotopic (exact) mass is 396 g/mol. The van der Waals surface area contributed by atoms with Crippen molar-refractivity contribution in [2.24, 2.45) is 4.99 Å². The number of hydrogen-bond donors (Lipinski definition) is 0. The van der Waals surface area contributed by atoms with Gasteiger partial charge in [-0.1, -0.05) is 43.2 Å². The van der Waals surface area contributed by atoms with Crippen LogP contribution in [0.3, 0.4) is 0 Å². The molecule has 0 unspecified atom stereocenters. The van der Waals surface area contributed by atoms with Crippen molar-refractivity contribution in [3.05, 3.63) is 63.6 Å².